The molecule has 3 rings (SSSR count). The maximum atomic E-state index is 11.9. The van der Waals surface area contributed by atoms with Crippen molar-refractivity contribution in [3.63, 3.8) is 0 Å². The SMILES string of the molecule is O=C(NNC(=O)c1cc2ccccc2s1)c1cnco1. The molecule has 20 heavy (non-hydrogen) atoms. The summed E-state index contributed by atoms with van der Waals surface area (Å²) in [5, 5.41) is 0.990. The van der Waals surface area contributed by atoms with Gasteiger partial charge in [0, 0.05) is 4.70 Å². The second-order valence-electron chi connectivity index (χ2n) is 3.92. The van der Waals surface area contributed by atoms with Gasteiger partial charge in [-0.25, -0.2) is 4.98 Å². The molecule has 0 aliphatic rings. The summed E-state index contributed by atoms with van der Waals surface area (Å²) in [7, 11) is 0. The third-order valence-electron chi connectivity index (χ3n) is 2.59. The van der Waals surface area contributed by atoms with E-state index >= 15 is 0 Å². The first-order valence-corrected chi connectivity index (χ1v) is 6.53. The molecule has 0 spiro atoms. The zero-order chi connectivity index (χ0) is 13.9. The molecule has 0 aliphatic carbocycles. The van der Waals surface area contributed by atoms with E-state index in [1.807, 2.05) is 24.3 Å². The van der Waals surface area contributed by atoms with Crippen LogP contribution in [0.1, 0.15) is 20.2 Å². The third-order valence-corrected chi connectivity index (χ3v) is 3.71. The van der Waals surface area contributed by atoms with Gasteiger partial charge in [-0.1, -0.05) is 18.2 Å². The van der Waals surface area contributed by atoms with Crippen molar-refractivity contribution in [1.82, 2.24) is 15.8 Å². The summed E-state index contributed by atoms with van der Waals surface area (Å²) in [6, 6.07) is 9.45. The largest absolute Gasteiger partial charge is 0.438 e. The monoisotopic (exact) mass is 287 g/mol. The number of carbonyl (C=O) groups excluding carboxylic acids is 2. The fourth-order valence-corrected chi connectivity index (χ4v) is 2.62. The second kappa shape index (κ2) is 5.14. The summed E-state index contributed by atoms with van der Waals surface area (Å²) in [5.74, 6) is -0.905. The van der Waals surface area contributed by atoms with Gasteiger partial charge in [-0.3, -0.25) is 20.4 Å². The van der Waals surface area contributed by atoms with Gasteiger partial charge in [-0.05, 0) is 17.5 Å². The molecule has 6 nitrogen and oxygen atoms in total. The van der Waals surface area contributed by atoms with Gasteiger partial charge in [-0.15, -0.1) is 11.3 Å². The third kappa shape index (κ3) is 2.39. The summed E-state index contributed by atoms with van der Waals surface area (Å²) in [6.07, 6.45) is 2.41. The van der Waals surface area contributed by atoms with Crippen molar-refractivity contribution in [2.75, 3.05) is 0 Å². The van der Waals surface area contributed by atoms with Crippen LogP contribution in [0.15, 0.2) is 47.3 Å². The number of nitrogens with zero attached hydrogens (tertiary/aromatic N) is 1. The minimum atomic E-state index is -0.558. The molecule has 2 heterocycles. The van der Waals surface area contributed by atoms with Crippen molar-refractivity contribution in [2.24, 2.45) is 0 Å². The minimum Gasteiger partial charge on any atom is -0.438 e. The number of hydrazine groups is 1. The van der Waals surface area contributed by atoms with Crippen LogP contribution in [0.4, 0.5) is 0 Å². The van der Waals surface area contributed by atoms with Gasteiger partial charge >= 0.3 is 5.91 Å². The van der Waals surface area contributed by atoms with E-state index in [0.717, 1.165) is 16.5 Å². The number of fused-ring (bicyclic) bond motifs is 1. The van der Waals surface area contributed by atoms with Crippen LogP contribution in [0.2, 0.25) is 0 Å². The van der Waals surface area contributed by atoms with Gasteiger partial charge < -0.3 is 4.42 Å². The Morgan fingerprint density at radius 1 is 1.15 bits per heavy atom. The molecular formula is C13H9N3O3S. The predicted octanol–water partition coefficient (Wildman–Crippen LogP) is 1.96. The van der Waals surface area contributed by atoms with Gasteiger partial charge in [0.15, 0.2) is 6.39 Å². The van der Waals surface area contributed by atoms with Crippen LogP contribution in [0.3, 0.4) is 0 Å². The van der Waals surface area contributed by atoms with Crippen LogP contribution < -0.4 is 10.9 Å². The number of rotatable bonds is 2. The average Bonchev–Trinajstić information content (AvgIpc) is 3.12. The molecule has 0 saturated carbocycles. The first-order valence-electron chi connectivity index (χ1n) is 5.72. The first-order chi connectivity index (χ1) is 9.74. The van der Waals surface area contributed by atoms with Gasteiger partial charge in [0.05, 0.1) is 11.1 Å². The highest BCUT2D eigenvalue weighted by atomic mass is 32.1. The summed E-state index contributed by atoms with van der Waals surface area (Å²) < 4.78 is 5.82. The lowest BCUT2D eigenvalue weighted by Gasteiger charge is -2.03. The Morgan fingerprint density at radius 2 is 1.95 bits per heavy atom. The molecule has 0 unspecified atom stereocenters. The Kier molecular flexibility index (Phi) is 3.18. The number of oxazole rings is 1. The van der Waals surface area contributed by atoms with Crippen molar-refractivity contribution >= 4 is 33.2 Å². The van der Waals surface area contributed by atoms with Crippen LogP contribution in [-0.2, 0) is 0 Å². The van der Waals surface area contributed by atoms with E-state index in [9.17, 15) is 9.59 Å². The molecule has 2 amide bonds. The average molecular weight is 287 g/mol. The normalized spacial score (nSPS) is 10.4. The maximum Gasteiger partial charge on any atom is 0.307 e. The molecule has 0 saturated heterocycles. The molecule has 100 valence electrons. The van der Waals surface area contributed by atoms with Crippen molar-refractivity contribution in [3.05, 3.63) is 53.6 Å². The number of benzene rings is 1. The van der Waals surface area contributed by atoms with Crippen LogP contribution in [0, 0.1) is 0 Å². The number of hydrogen-bond acceptors (Lipinski definition) is 5. The minimum absolute atomic E-state index is 0.0293. The molecule has 2 aromatic heterocycles. The lowest BCUT2D eigenvalue weighted by atomic mass is 10.2. The van der Waals surface area contributed by atoms with E-state index < -0.39 is 5.91 Å². The van der Waals surface area contributed by atoms with Crippen molar-refractivity contribution in [1.29, 1.82) is 0 Å². The molecule has 0 bridgehead atoms. The van der Waals surface area contributed by atoms with Crippen molar-refractivity contribution in [3.8, 4) is 0 Å². The fraction of sp³-hybridized carbons (Fsp3) is 0. The summed E-state index contributed by atoms with van der Waals surface area (Å²) in [6.45, 7) is 0. The van der Waals surface area contributed by atoms with Crippen LogP contribution in [0.25, 0.3) is 10.1 Å². The molecule has 3 aromatic rings. The smallest absolute Gasteiger partial charge is 0.307 e. The van der Waals surface area contributed by atoms with Crippen LogP contribution in [0.5, 0.6) is 0 Å². The van der Waals surface area contributed by atoms with Gasteiger partial charge in [0.1, 0.15) is 0 Å². The highest BCUT2D eigenvalue weighted by Gasteiger charge is 2.13. The van der Waals surface area contributed by atoms with Crippen molar-refractivity contribution in [2.45, 2.75) is 0 Å². The molecule has 2 N–H and O–H groups in total. The number of amides is 2. The molecule has 7 heteroatoms. The Balaban J connectivity index is 1.68. The van der Waals surface area contributed by atoms with Crippen molar-refractivity contribution < 1.29 is 14.0 Å². The number of hydrogen-bond donors (Lipinski definition) is 2. The maximum absolute atomic E-state index is 11.9. The molecule has 0 aliphatic heterocycles. The van der Waals surface area contributed by atoms with Crippen LogP contribution in [-0.4, -0.2) is 16.8 Å². The molecule has 1 aromatic carbocycles. The number of carbonyl (C=O) groups is 2. The molecule has 0 atom stereocenters. The quantitative estimate of drug-likeness (QED) is 0.706. The Bertz CT molecular complexity index is 731. The second-order valence-corrected chi connectivity index (χ2v) is 5.01. The van der Waals surface area contributed by atoms with E-state index in [1.54, 1.807) is 6.07 Å². The molecular weight excluding hydrogens is 278 g/mol. The van der Waals surface area contributed by atoms with E-state index in [2.05, 4.69) is 15.8 Å². The Labute approximate surface area is 117 Å². The summed E-state index contributed by atoms with van der Waals surface area (Å²) in [5.41, 5.74) is 4.59. The molecule has 0 fully saturated rings. The van der Waals surface area contributed by atoms with Gasteiger partial charge in [0.2, 0.25) is 5.76 Å². The number of aromatic nitrogens is 1. The van der Waals surface area contributed by atoms with Crippen LogP contribution >= 0.6 is 11.3 Å². The zero-order valence-electron chi connectivity index (χ0n) is 10.1. The highest BCUT2D eigenvalue weighted by molar-refractivity contribution is 7.20. The lowest BCUT2D eigenvalue weighted by Crippen LogP contribution is -2.41. The summed E-state index contributed by atoms with van der Waals surface area (Å²) >= 11 is 1.36. The fourth-order valence-electron chi connectivity index (χ4n) is 1.66. The summed E-state index contributed by atoms with van der Waals surface area (Å²) in [4.78, 5) is 27.6. The lowest BCUT2D eigenvalue weighted by molar-refractivity contribution is 0.0833. The first kappa shape index (κ1) is 12.4. The highest BCUT2D eigenvalue weighted by Crippen LogP contribution is 2.24. The van der Waals surface area contributed by atoms with E-state index in [-0.39, 0.29) is 11.7 Å². The van der Waals surface area contributed by atoms with Gasteiger partial charge in [0.25, 0.3) is 5.91 Å². The van der Waals surface area contributed by atoms with E-state index in [1.165, 1.54) is 17.5 Å². The molecule has 0 radical (unpaired) electrons. The van der Waals surface area contributed by atoms with E-state index in [0.29, 0.717) is 4.88 Å². The van der Waals surface area contributed by atoms with Gasteiger partial charge in [-0.2, -0.15) is 0 Å². The Morgan fingerprint density at radius 3 is 2.70 bits per heavy atom. The zero-order valence-corrected chi connectivity index (χ0v) is 10.9. The standard InChI is InChI=1S/C13H9N3O3S/c17-12(9-6-14-7-19-9)15-16-13(18)11-5-8-3-1-2-4-10(8)20-11/h1-7H,(H,15,17)(H,16,18). The topological polar surface area (TPSA) is 84.2 Å². The van der Waals surface area contributed by atoms with E-state index in [4.69, 9.17) is 4.42 Å². The number of thiophene rings is 1. The number of nitrogens with one attached hydrogen (secondary N) is 2. The Hall–Kier alpha value is -2.67. The predicted molar refractivity (Wildman–Crippen MR) is 73.3 cm³/mol.